The van der Waals surface area contributed by atoms with Crippen molar-refractivity contribution in [3.63, 3.8) is 0 Å². The molecule has 0 spiro atoms. The molecule has 0 atom stereocenters. The minimum Gasteiger partial charge on any atom is -0.386 e. The van der Waals surface area contributed by atoms with Gasteiger partial charge in [-0.25, -0.2) is 4.98 Å². The first-order valence-electron chi connectivity index (χ1n) is 4.78. The third kappa shape index (κ3) is 2.11. The molecule has 1 aliphatic heterocycles. The number of rotatable bonds is 1. The van der Waals surface area contributed by atoms with Crippen molar-refractivity contribution < 1.29 is 18.3 Å². The van der Waals surface area contributed by atoms with Crippen LogP contribution in [0, 0.1) is 0 Å². The average molecular weight is 232 g/mol. The van der Waals surface area contributed by atoms with Crippen LogP contribution in [0.5, 0.6) is 0 Å². The highest BCUT2D eigenvalue weighted by atomic mass is 19.4. The molecule has 1 aromatic rings. The van der Waals surface area contributed by atoms with Crippen LogP contribution in [0.3, 0.4) is 0 Å². The summed E-state index contributed by atoms with van der Waals surface area (Å²) in [6, 6.07) is 1.93. The highest BCUT2D eigenvalue weighted by molar-refractivity contribution is 5.46. The molecule has 16 heavy (non-hydrogen) atoms. The normalized spacial score (nSPS) is 19.4. The van der Waals surface area contributed by atoms with Gasteiger partial charge in [0.05, 0.1) is 11.2 Å². The number of anilines is 1. The molecule has 1 saturated heterocycles. The number of β-amino-alcohol motifs (C(OH)–C–C–N with tert-alkyl or cyclic N) is 1. The van der Waals surface area contributed by atoms with Gasteiger partial charge in [-0.3, -0.25) is 0 Å². The van der Waals surface area contributed by atoms with Crippen molar-refractivity contribution in [3.05, 3.63) is 23.9 Å². The molecule has 88 valence electrons. The summed E-state index contributed by atoms with van der Waals surface area (Å²) in [5.41, 5.74) is -1.54. The van der Waals surface area contributed by atoms with E-state index in [2.05, 4.69) is 4.98 Å². The van der Waals surface area contributed by atoms with E-state index in [4.69, 9.17) is 0 Å². The van der Waals surface area contributed by atoms with Crippen molar-refractivity contribution in [1.29, 1.82) is 0 Å². The van der Waals surface area contributed by atoms with Gasteiger partial charge in [-0.05, 0) is 19.1 Å². The molecule has 0 amide bonds. The molecule has 3 nitrogen and oxygen atoms in total. The van der Waals surface area contributed by atoms with Crippen LogP contribution < -0.4 is 4.90 Å². The second-order valence-corrected chi connectivity index (χ2v) is 4.25. The molecule has 1 N–H and O–H groups in total. The third-order valence-electron chi connectivity index (χ3n) is 2.46. The largest absolute Gasteiger partial charge is 0.416 e. The molecule has 1 fully saturated rings. The number of hydrogen-bond acceptors (Lipinski definition) is 3. The Bertz CT molecular complexity index is 395. The minimum atomic E-state index is -4.36. The van der Waals surface area contributed by atoms with E-state index in [0.29, 0.717) is 13.1 Å². The Morgan fingerprint density at radius 2 is 2.06 bits per heavy atom. The van der Waals surface area contributed by atoms with Crippen molar-refractivity contribution in [2.24, 2.45) is 0 Å². The summed E-state index contributed by atoms with van der Waals surface area (Å²) in [5, 5.41) is 9.48. The van der Waals surface area contributed by atoms with Gasteiger partial charge in [-0.2, -0.15) is 13.2 Å². The SMILES string of the molecule is CC1(O)CN(c2cc(C(F)(F)F)ccn2)C1. The Labute approximate surface area is 90.5 Å². The van der Waals surface area contributed by atoms with Crippen LogP contribution >= 0.6 is 0 Å². The van der Waals surface area contributed by atoms with E-state index >= 15 is 0 Å². The van der Waals surface area contributed by atoms with Crippen LogP contribution in [0.25, 0.3) is 0 Å². The molecule has 2 heterocycles. The van der Waals surface area contributed by atoms with Gasteiger partial charge < -0.3 is 10.0 Å². The monoisotopic (exact) mass is 232 g/mol. The number of nitrogens with zero attached hydrogens (tertiary/aromatic N) is 2. The molecule has 0 radical (unpaired) electrons. The number of hydrogen-bond donors (Lipinski definition) is 1. The zero-order chi connectivity index (χ0) is 12.0. The van der Waals surface area contributed by atoms with Gasteiger partial charge in [0.2, 0.25) is 0 Å². The van der Waals surface area contributed by atoms with Crippen molar-refractivity contribution in [2.45, 2.75) is 18.7 Å². The maximum Gasteiger partial charge on any atom is 0.416 e. The molecule has 1 aromatic heterocycles. The van der Waals surface area contributed by atoms with E-state index in [1.807, 2.05) is 0 Å². The maximum absolute atomic E-state index is 12.4. The summed E-state index contributed by atoms with van der Waals surface area (Å²) in [5.74, 6) is 0.251. The fraction of sp³-hybridized carbons (Fsp3) is 0.500. The lowest BCUT2D eigenvalue weighted by Gasteiger charge is -2.45. The second-order valence-electron chi connectivity index (χ2n) is 4.25. The fourth-order valence-electron chi connectivity index (χ4n) is 1.71. The average Bonchev–Trinajstić information content (AvgIpc) is 2.13. The molecular formula is C10H11F3N2O. The second kappa shape index (κ2) is 3.35. The van der Waals surface area contributed by atoms with E-state index in [9.17, 15) is 18.3 Å². The van der Waals surface area contributed by atoms with Crippen LogP contribution in [0.4, 0.5) is 19.0 Å². The predicted octanol–water partition coefficient (Wildman–Crippen LogP) is 1.67. The molecule has 2 rings (SSSR count). The Kier molecular flexibility index (Phi) is 2.34. The number of pyridine rings is 1. The lowest BCUT2D eigenvalue weighted by atomic mass is 9.97. The minimum absolute atomic E-state index is 0.251. The van der Waals surface area contributed by atoms with Gasteiger partial charge in [0, 0.05) is 19.3 Å². The molecule has 0 aromatic carbocycles. The van der Waals surface area contributed by atoms with Crippen LogP contribution in [0.1, 0.15) is 12.5 Å². The molecule has 0 aliphatic carbocycles. The molecule has 0 saturated carbocycles. The van der Waals surface area contributed by atoms with E-state index in [1.54, 1.807) is 11.8 Å². The Hall–Kier alpha value is -1.30. The zero-order valence-corrected chi connectivity index (χ0v) is 8.62. The molecule has 6 heteroatoms. The van der Waals surface area contributed by atoms with E-state index in [-0.39, 0.29) is 5.82 Å². The van der Waals surface area contributed by atoms with Gasteiger partial charge in [0.15, 0.2) is 0 Å². The molecule has 0 bridgehead atoms. The van der Waals surface area contributed by atoms with Gasteiger partial charge in [0.25, 0.3) is 0 Å². The molecular weight excluding hydrogens is 221 g/mol. The lowest BCUT2D eigenvalue weighted by molar-refractivity contribution is -0.137. The van der Waals surface area contributed by atoms with Crippen molar-refractivity contribution >= 4 is 5.82 Å². The highest BCUT2D eigenvalue weighted by Crippen LogP contribution is 2.32. The Morgan fingerprint density at radius 3 is 2.56 bits per heavy atom. The van der Waals surface area contributed by atoms with E-state index < -0.39 is 17.3 Å². The summed E-state index contributed by atoms with van der Waals surface area (Å²) in [6.45, 7) is 2.25. The Morgan fingerprint density at radius 1 is 1.44 bits per heavy atom. The number of alkyl halides is 3. The standard InChI is InChI=1S/C10H11F3N2O/c1-9(16)5-15(6-9)8-4-7(2-3-14-8)10(11,12)13/h2-4,16H,5-6H2,1H3. The van der Waals surface area contributed by atoms with Crippen molar-refractivity contribution in [3.8, 4) is 0 Å². The summed E-state index contributed by atoms with van der Waals surface area (Å²) < 4.78 is 37.2. The molecule has 1 aliphatic rings. The zero-order valence-electron chi connectivity index (χ0n) is 8.62. The van der Waals surface area contributed by atoms with Gasteiger partial charge >= 0.3 is 6.18 Å². The summed E-state index contributed by atoms with van der Waals surface area (Å²) in [6.07, 6.45) is -3.23. The summed E-state index contributed by atoms with van der Waals surface area (Å²) in [7, 11) is 0. The highest BCUT2D eigenvalue weighted by Gasteiger charge is 2.38. The van der Waals surface area contributed by atoms with Gasteiger partial charge in [-0.15, -0.1) is 0 Å². The lowest BCUT2D eigenvalue weighted by Crippen LogP contribution is -2.60. The summed E-state index contributed by atoms with van der Waals surface area (Å²) >= 11 is 0. The smallest absolute Gasteiger partial charge is 0.386 e. The Balaban J connectivity index is 2.18. The van der Waals surface area contributed by atoms with Crippen molar-refractivity contribution in [2.75, 3.05) is 18.0 Å². The first kappa shape index (κ1) is 11.2. The van der Waals surface area contributed by atoms with E-state index in [0.717, 1.165) is 18.3 Å². The number of halogens is 3. The van der Waals surface area contributed by atoms with Gasteiger partial charge in [0.1, 0.15) is 5.82 Å². The fourth-order valence-corrected chi connectivity index (χ4v) is 1.71. The van der Waals surface area contributed by atoms with Crippen molar-refractivity contribution in [1.82, 2.24) is 4.98 Å². The number of aliphatic hydroxyl groups is 1. The number of aromatic nitrogens is 1. The first-order chi connectivity index (χ1) is 7.28. The third-order valence-corrected chi connectivity index (χ3v) is 2.46. The topological polar surface area (TPSA) is 36.4 Å². The maximum atomic E-state index is 12.4. The first-order valence-corrected chi connectivity index (χ1v) is 4.78. The van der Waals surface area contributed by atoms with Crippen LogP contribution in [-0.2, 0) is 6.18 Å². The van der Waals surface area contributed by atoms with E-state index in [1.165, 1.54) is 0 Å². The van der Waals surface area contributed by atoms with Crippen LogP contribution in [-0.4, -0.2) is 28.8 Å². The van der Waals surface area contributed by atoms with Crippen LogP contribution in [0.15, 0.2) is 18.3 Å². The van der Waals surface area contributed by atoms with Crippen LogP contribution in [0.2, 0.25) is 0 Å². The quantitative estimate of drug-likeness (QED) is 0.800. The summed E-state index contributed by atoms with van der Waals surface area (Å²) in [4.78, 5) is 5.46. The molecule has 0 unspecified atom stereocenters. The predicted molar refractivity (Wildman–Crippen MR) is 52.1 cm³/mol. The van der Waals surface area contributed by atoms with Gasteiger partial charge in [-0.1, -0.05) is 0 Å².